The molecule has 6 nitrogen and oxygen atoms in total. The van der Waals surface area contributed by atoms with Gasteiger partial charge in [-0.1, -0.05) is 5.16 Å². The highest BCUT2D eigenvalue weighted by atomic mass is 16.5. The molecule has 2 aromatic heterocycles. The molecule has 17 heavy (non-hydrogen) atoms. The van der Waals surface area contributed by atoms with Crippen molar-refractivity contribution in [3.05, 3.63) is 41.3 Å². The number of aromatic nitrogens is 2. The maximum atomic E-state index is 11.8. The second-order valence-corrected chi connectivity index (χ2v) is 3.53. The number of nitrogens with one attached hydrogen (secondary N) is 1. The quantitative estimate of drug-likeness (QED) is 0.826. The van der Waals surface area contributed by atoms with Crippen molar-refractivity contribution in [3.63, 3.8) is 0 Å². The zero-order valence-corrected chi connectivity index (χ0v) is 9.30. The van der Waals surface area contributed by atoms with Gasteiger partial charge in [0.1, 0.15) is 0 Å². The Morgan fingerprint density at radius 3 is 3.00 bits per heavy atom. The molecule has 0 fully saturated rings. The standard InChI is InChI=1S/C11H12N4O2/c1-7-4-10(17-15-7)14-11(16)8-2-3-13-9(5-8)6-12/h2-5H,6,12H2,1H3,(H,14,16). The summed E-state index contributed by atoms with van der Waals surface area (Å²) in [6.45, 7) is 2.07. The highest BCUT2D eigenvalue weighted by Gasteiger charge is 2.09. The number of hydrogen-bond acceptors (Lipinski definition) is 5. The molecule has 0 aromatic carbocycles. The van der Waals surface area contributed by atoms with Gasteiger partial charge in [-0.3, -0.25) is 15.1 Å². The third-order valence-electron chi connectivity index (χ3n) is 2.15. The van der Waals surface area contributed by atoms with Crippen LogP contribution in [0.15, 0.2) is 28.9 Å². The molecule has 0 aliphatic carbocycles. The van der Waals surface area contributed by atoms with Crippen molar-refractivity contribution in [2.24, 2.45) is 5.73 Å². The van der Waals surface area contributed by atoms with Crippen LogP contribution >= 0.6 is 0 Å². The van der Waals surface area contributed by atoms with E-state index >= 15 is 0 Å². The Kier molecular flexibility index (Phi) is 3.15. The topological polar surface area (TPSA) is 94.0 Å². The maximum Gasteiger partial charge on any atom is 0.258 e. The lowest BCUT2D eigenvalue weighted by molar-refractivity contribution is 0.102. The van der Waals surface area contributed by atoms with Crippen molar-refractivity contribution in [2.75, 3.05) is 5.32 Å². The van der Waals surface area contributed by atoms with Gasteiger partial charge in [0.15, 0.2) is 0 Å². The summed E-state index contributed by atoms with van der Waals surface area (Å²) in [5.41, 5.74) is 7.30. The third-order valence-corrected chi connectivity index (χ3v) is 2.15. The van der Waals surface area contributed by atoms with Crippen LogP contribution in [0.5, 0.6) is 0 Å². The minimum Gasteiger partial charge on any atom is -0.338 e. The number of nitrogens with zero attached hydrogens (tertiary/aromatic N) is 2. The fourth-order valence-electron chi connectivity index (χ4n) is 1.34. The predicted octanol–water partition coefficient (Wildman–Crippen LogP) is 1.09. The molecule has 2 rings (SSSR count). The van der Waals surface area contributed by atoms with Gasteiger partial charge >= 0.3 is 0 Å². The second kappa shape index (κ2) is 4.75. The van der Waals surface area contributed by atoms with Crippen LogP contribution in [0.4, 0.5) is 5.88 Å². The highest BCUT2D eigenvalue weighted by Crippen LogP contribution is 2.10. The lowest BCUT2D eigenvalue weighted by Crippen LogP contribution is -2.12. The van der Waals surface area contributed by atoms with Crippen LogP contribution in [0, 0.1) is 6.92 Å². The molecule has 3 N–H and O–H groups in total. The fourth-order valence-corrected chi connectivity index (χ4v) is 1.34. The summed E-state index contributed by atoms with van der Waals surface area (Å²) in [5.74, 6) is 0.0388. The molecule has 88 valence electrons. The number of carbonyl (C=O) groups excluding carboxylic acids is 1. The van der Waals surface area contributed by atoms with Gasteiger partial charge in [-0.25, -0.2) is 0 Å². The van der Waals surface area contributed by atoms with Gasteiger partial charge in [-0.15, -0.1) is 0 Å². The number of pyridine rings is 1. The first kappa shape index (κ1) is 11.3. The van der Waals surface area contributed by atoms with E-state index < -0.39 is 0 Å². The zero-order valence-electron chi connectivity index (χ0n) is 9.30. The number of carbonyl (C=O) groups is 1. The number of amides is 1. The first-order valence-electron chi connectivity index (χ1n) is 5.08. The average molecular weight is 232 g/mol. The second-order valence-electron chi connectivity index (χ2n) is 3.53. The highest BCUT2D eigenvalue weighted by molar-refractivity contribution is 6.03. The molecule has 0 saturated heterocycles. The minimum absolute atomic E-state index is 0.279. The summed E-state index contributed by atoms with van der Waals surface area (Å²) in [6.07, 6.45) is 1.54. The Hall–Kier alpha value is -2.21. The van der Waals surface area contributed by atoms with E-state index in [1.807, 2.05) is 0 Å². The Labute approximate surface area is 97.8 Å². The number of nitrogens with two attached hydrogens (primary N) is 1. The van der Waals surface area contributed by atoms with E-state index in [-0.39, 0.29) is 5.91 Å². The summed E-state index contributed by atoms with van der Waals surface area (Å²) in [5, 5.41) is 6.27. The smallest absolute Gasteiger partial charge is 0.258 e. The molecule has 0 bridgehead atoms. The van der Waals surface area contributed by atoms with Gasteiger partial charge in [0, 0.05) is 24.4 Å². The summed E-state index contributed by atoms with van der Waals surface area (Å²) in [7, 11) is 0. The molecule has 0 unspecified atom stereocenters. The predicted molar refractivity (Wildman–Crippen MR) is 61.3 cm³/mol. The summed E-state index contributed by atoms with van der Waals surface area (Å²) < 4.78 is 4.89. The van der Waals surface area contributed by atoms with Gasteiger partial charge in [0.2, 0.25) is 5.88 Å². The fraction of sp³-hybridized carbons (Fsp3) is 0.182. The number of anilines is 1. The van der Waals surface area contributed by atoms with Crippen LogP contribution in [0.2, 0.25) is 0 Å². The van der Waals surface area contributed by atoms with Gasteiger partial charge in [-0.05, 0) is 19.1 Å². The Morgan fingerprint density at radius 1 is 1.53 bits per heavy atom. The zero-order chi connectivity index (χ0) is 12.3. The van der Waals surface area contributed by atoms with Crippen LogP contribution < -0.4 is 11.1 Å². The monoisotopic (exact) mass is 232 g/mol. The average Bonchev–Trinajstić information content (AvgIpc) is 2.75. The minimum atomic E-state index is -0.279. The van der Waals surface area contributed by atoms with Crippen molar-refractivity contribution in [1.82, 2.24) is 10.1 Å². The van der Waals surface area contributed by atoms with Crippen molar-refractivity contribution in [2.45, 2.75) is 13.5 Å². The molecule has 2 heterocycles. The largest absolute Gasteiger partial charge is 0.338 e. The van der Waals surface area contributed by atoms with Gasteiger partial charge in [0.25, 0.3) is 5.91 Å². The van der Waals surface area contributed by atoms with E-state index in [1.54, 1.807) is 31.3 Å². The van der Waals surface area contributed by atoms with Crippen LogP contribution in [0.1, 0.15) is 21.7 Å². The van der Waals surface area contributed by atoms with Crippen LogP contribution in [-0.2, 0) is 6.54 Å². The number of hydrogen-bond donors (Lipinski definition) is 2. The summed E-state index contributed by atoms with van der Waals surface area (Å²) in [6, 6.07) is 4.89. The van der Waals surface area contributed by atoms with E-state index in [1.165, 1.54) is 0 Å². The van der Waals surface area contributed by atoms with Crippen LogP contribution in [0.25, 0.3) is 0 Å². The molecule has 2 aromatic rings. The van der Waals surface area contributed by atoms with Crippen LogP contribution in [-0.4, -0.2) is 16.0 Å². The SMILES string of the molecule is Cc1cc(NC(=O)c2ccnc(CN)c2)on1. The Balaban J connectivity index is 2.14. The van der Waals surface area contributed by atoms with Gasteiger partial charge in [0.05, 0.1) is 11.4 Å². The number of rotatable bonds is 3. The molecular weight excluding hydrogens is 220 g/mol. The first-order valence-corrected chi connectivity index (χ1v) is 5.08. The third kappa shape index (κ3) is 2.67. The van der Waals surface area contributed by atoms with Crippen molar-refractivity contribution in [3.8, 4) is 0 Å². The molecule has 0 saturated carbocycles. The molecular formula is C11H12N4O2. The molecule has 0 aliphatic heterocycles. The van der Waals surface area contributed by atoms with E-state index in [0.29, 0.717) is 29.4 Å². The molecule has 0 aliphatic rings. The molecule has 1 amide bonds. The van der Waals surface area contributed by atoms with E-state index in [0.717, 1.165) is 0 Å². The maximum absolute atomic E-state index is 11.8. The summed E-state index contributed by atoms with van der Waals surface area (Å²) in [4.78, 5) is 15.8. The van der Waals surface area contributed by atoms with Crippen molar-refractivity contribution >= 4 is 11.8 Å². The Morgan fingerprint density at radius 2 is 2.35 bits per heavy atom. The normalized spacial score (nSPS) is 10.2. The van der Waals surface area contributed by atoms with Gasteiger partial charge < -0.3 is 10.3 Å². The lowest BCUT2D eigenvalue weighted by atomic mass is 10.2. The first-order chi connectivity index (χ1) is 8.19. The van der Waals surface area contributed by atoms with E-state index in [9.17, 15) is 4.79 Å². The molecule has 0 spiro atoms. The van der Waals surface area contributed by atoms with Crippen molar-refractivity contribution in [1.29, 1.82) is 0 Å². The van der Waals surface area contributed by atoms with Gasteiger partial charge in [-0.2, -0.15) is 0 Å². The summed E-state index contributed by atoms with van der Waals surface area (Å²) >= 11 is 0. The molecule has 0 atom stereocenters. The molecule has 6 heteroatoms. The van der Waals surface area contributed by atoms with Crippen molar-refractivity contribution < 1.29 is 9.32 Å². The Bertz CT molecular complexity index is 536. The van der Waals surface area contributed by atoms with E-state index in [4.69, 9.17) is 10.3 Å². The van der Waals surface area contributed by atoms with Crippen LogP contribution in [0.3, 0.4) is 0 Å². The van der Waals surface area contributed by atoms with E-state index in [2.05, 4.69) is 15.5 Å². The number of aryl methyl sites for hydroxylation is 1. The lowest BCUT2D eigenvalue weighted by Gasteiger charge is -2.02. The molecule has 0 radical (unpaired) electrons.